The van der Waals surface area contributed by atoms with E-state index in [1.54, 1.807) is 12.1 Å². The molecule has 2 rings (SSSR count). The maximum Gasteiger partial charge on any atom is 0.389 e. The average molecular weight is 286 g/mol. The van der Waals surface area contributed by atoms with Crippen LogP contribution < -0.4 is 4.74 Å². The van der Waals surface area contributed by atoms with Crippen LogP contribution in [0, 0.1) is 0 Å². The van der Waals surface area contributed by atoms with E-state index in [2.05, 4.69) is 5.10 Å². The molecule has 0 atom stereocenters. The monoisotopic (exact) mass is 286 g/mol. The van der Waals surface area contributed by atoms with Crippen LogP contribution in [0.25, 0.3) is 5.52 Å². The summed E-state index contributed by atoms with van der Waals surface area (Å²) in [5.74, 6) is 0.316. The van der Waals surface area contributed by atoms with E-state index in [4.69, 9.17) is 4.74 Å². The van der Waals surface area contributed by atoms with Gasteiger partial charge >= 0.3 is 6.18 Å². The summed E-state index contributed by atoms with van der Waals surface area (Å²) in [5, 5.41) is 4.00. The zero-order valence-electron chi connectivity index (χ0n) is 10.8. The van der Waals surface area contributed by atoms with Crippen LogP contribution in [0.3, 0.4) is 0 Å². The van der Waals surface area contributed by atoms with Gasteiger partial charge < -0.3 is 4.74 Å². The second-order valence-electron chi connectivity index (χ2n) is 4.38. The molecular weight excluding hydrogens is 273 g/mol. The van der Waals surface area contributed by atoms with Gasteiger partial charge in [0, 0.05) is 6.42 Å². The molecule has 4 nitrogen and oxygen atoms in total. The molecule has 0 fully saturated rings. The van der Waals surface area contributed by atoms with Crippen LogP contribution in [0.15, 0.2) is 24.5 Å². The number of hydrogen-bond donors (Lipinski definition) is 0. The van der Waals surface area contributed by atoms with Crippen LogP contribution in [0.2, 0.25) is 0 Å². The number of fused-ring (bicyclic) bond motifs is 1. The van der Waals surface area contributed by atoms with Crippen molar-refractivity contribution in [3.63, 3.8) is 0 Å². The van der Waals surface area contributed by atoms with Crippen LogP contribution in [0.1, 0.15) is 30.1 Å². The standard InChI is InChI=1S/C13H13F3N2O2/c1-9(19)11-7-17-18-8-10(3-4-12(11)18)20-6-2-5-13(14,15)16/h3-4,7-8H,2,5-6H2,1H3. The van der Waals surface area contributed by atoms with Gasteiger partial charge in [-0.25, -0.2) is 4.52 Å². The van der Waals surface area contributed by atoms with E-state index in [1.165, 1.54) is 23.8 Å². The predicted molar refractivity (Wildman–Crippen MR) is 66.0 cm³/mol. The van der Waals surface area contributed by atoms with Crippen molar-refractivity contribution in [3.05, 3.63) is 30.1 Å². The molecule has 0 unspecified atom stereocenters. The van der Waals surface area contributed by atoms with E-state index >= 15 is 0 Å². The van der Waals surface area contributed by atoms with E-state index in [0.29, 0.717) is 16.8 Å². The van der Waals surface area contributed by atoms with Gasteiger partial charge in [-0.2, -0.15) is 18.3 Å². The van der Waals surface area contributed by atoms with Crippen LogP contribution in [-0.2, 0) is 0 Å². The number of pyridine rings is 1. The normalized spacial score (nSPS) is 11.8. The Hall–Kier alpha value is -2.05. The van der Waals surface area contributed by atoms with E-state index < -0.39 is 12.6 Å². The SMILES string of the molecule is CC(=O)c1cnn2cc(OCCCC(F)(F)F)ccc12. The fourth-order valence-corrected chi connectivity index (χ4v) is 1.78. The molecule has 2 aromatic rings. The number of carbonyl (C=O) groups excluding carboxylic acids is 1. The van der Waals surface area contributed by atoms with Crippen LogP contribution in [-0.4, -0.2) is 28.2 Å². The van der Waals surface area contributed by atoms with Crippen molar-refractivity contribution >= 4 is 11.3 Å². The molecule has 0 aliphatic carbocycles. The minimum atomic E-state index is -4.16. The highest BCUT2D eigenvalue weighted by atomic mass is 19.4. The number of carbonyl (C=O) groups is 1. The Bertz CT molecular complexity index is 620. The highest BCUT2D eigenvalue weighted by Crippen LogP contribution is 2.22. The van der Waals surface area contributed by atoms with E-state index in [1.807, 2.05) is 0 Å². The number of Topliss-reactive ketones (excluding diaryl/α,β-unsaturated/α-hetero) is 1. The summed E-state index contributed by atoms with van der Waals surface area (Å²) in [6.45, 7) is 1.42. The number of alkyl halides is 3. The van der Waals surface area contributed by atoms with Gasteiger partial charge in [0.05, 0.1) is 30.1 Å². The van der Waals surface area contributed by atoms with E-state index in [9.17, 15) is 18.0 Å². The van der Waals surface area contributed by atoms with Gasteiger partial charge in [0.1, 0.15) is 5.75 Å². The zero-order valence-corrected chi connectivity index (χ0v) is 10.8. The number of halogens is 3. The Morgan fingerprint density at radius 3 is 2.80 bits per heavy atom. The summed E-state index contributed by atoms with van der Waals surface area (Å²) in [5.41, 5.74) is 1.13. The lowest BCUT2D eigenvalue weighted by molar-refractivity contribution is -0.136. The van der Waals surface area contributed by atoms with Gasteiger partial charge in [-0.3, -0.25) is 4.79 Å². The summed E-state index contributed by atoms with van der Waals surface area (Å²) in [4.78, 5) is 11.3. The molecule has 0 aliphatic heterocycles. The molecule has 108 valence electrons. The van der Waals surface area contributed by atoms with Gasteiger partial charge in [0.15, 0.2) is 5.78 Å². The molecule has 0 aromatic carbocycles. The lowest BCUT2D eigenvalue weighted by atomic mass is 10.2. The number of rotatable bonds is 5. The Labute approximate surface area is 113 Å². The van der Waals surface area contributed by atoms with Gasteiger partial charge in [0.25, 0.3) is 0 Å². The quantitative estimate of drug-likeness (QED) is 0.626. The summed E-state index contributed by atoms with van der Waals surface area (Å²) in [6, 6.07) is 3.26. The first-order valence-electron chi connectivity index (χ1n) is 6.05. The molecule has 2 heterocycles. The van der Waals surface area contributed by atoms with Crippen LogP contribution in [0.4, 0.5) is 13.2 Å². The number of ether oxygens (including phenoxy) is 1. The van der Waals surface area contributed by atoms with Crippen molar-refractivity contribution in [1.29, 1.82) is 0 Å². The van der Waals surface area contributed by atoms with Crippen LogP contribution >= 0.6 is 0 Å². The molecule has 0 saturated heterocycles. The fourth-order valence-electron chi connectivity index (χ4n) is 1.78. The number of nitrogens with zero attached hydrogens (tertiary/aromatic N) is 2. The molecule has 0 N–H and O–H groups in total. The second kappa shape index (κ2) is 5.52. The van der Waals surface area contributed by atoms with Crippen LogP contribution in [0.5, 0.6) is 5.75 Å². The number of hydrogen-bond acceptors (Lipinski definition) is 3. The van der Waals surface area contributed by atoms with Crippen molar-refractivity contribution in [2.24, 2.45) is 0 Å². The minimum absolute atomic E-state index is 0.0220. The lowest BCUT2D eigenvalue weighted by Gasteiger charge is -2.08. The summed E-state index contributed by atoms with van der Waals surface area (Å²) in [6.07, 6.45) is -2.14. The smallest absolute Gasteiger partial charge is 0.389 e. The maximum absolute atomic E-state index is 12.0. The van der Waals surface area contributed by atoms with Crippen molar-refractivity contribution in [2.45, 2.75) is 25.9 Å². The Kier molecular flexibility index (Phi) is 3.96. The third kappa shape index (κ3) is 3.49. The van der Waals surface area contributed by atoms with Crippen molar-refractivity contribution in [2.75, 3.05) is 6.61 Å². The van der Waals surface area contributed by atoms with Crippen molar-refractivity contribution < 1.29 is 22.7 Å². The van der Waals surface area contributed by atoms with Gasteiger partial charge in [-0.1, -0.05) is 0 Å². The highest BCUT2D eigenvalue weighted by Gasteiger charge is 2.26. The summed E-state index contributed by atoms with van der Waals surface area (Å²) >= 11 is 0. The maximum atomic E-state index is 12.0. The van der Waals surface area contributed by atoms with Gasteiger partial charge in [-0.15, -0.1) is 0 Å². The second-order valence-corrected chi connectivity index (χ2v) is 4.38. The molecule has 0 saturated carbocycles. The van der Waals surface area contributed by atoms with Crippen molar-refractivity contribution in [1.82, 2.24) is 9.61 Å². The lowest BCUT2D eigenvalue weighted by Crippen LogP contribution is -2.09. The molecule has 0 amide bonds. The Balaban J connectivity index is 2.00. The predicted octanol–water partition coefficient (Wildman–Crippen LogP) is 3.26. The molecule has 2 aromatic heterocycles. The highest BCUT2D eigenvalue weighted by molar-refractivity contribution is 6.00. The first-order valence-corrected chi connectivity index (χ1v) is 6.05. The Morgan fingerprint density at radius 1 is 1.40 bits per heavy atom. The fraction of sp³-hybridized carbons (Fsp3) is 0.385. The molecule has 0 aliphatic rings. The molecule has 7 heteroatoms. The zero-order chi connectivity index (χ0) is 14.8. The van der Waals surface area contributed by atoms with E-state index in [0.717, 1.165) is 0 Å². The summed E-state index contributed by atoms with van der Waals surface area (Å²) in [7, 11) is 0. The minimum Gasteiger partial charge on any atom is -0.492 e. The number of ketones is 1. The molecule has 0 radical (unpaired) electrons. The third-order valence-corrected chi connectivity index (χ3v) is 2.74. The molecule has 20 heavy (non-hydrogen) atoms. The molecule has 0 bridgehead atoms. The summed E-state index contributed by atoms with van der Waals surface area (Å²) < 4.78 is 42.6. The number of aromatic nitrogens is 2. The van der Waals surface area contributed by atoms with Gasteiger partial charge in [0.2, 0.25) is 0 Å². The van der Waals surface area contributed by atoms with Gasteiger partial charge in [-0.05, 0) is 25.5 Å². The first kappa shape index (κ1) is 14.4. The molecular formula is C13H13F3N2O2. The van der Waals surface area contributed by atoms with E-state index in [-0.39, 0.29) is 18.8 Å². The largest absolute Gasteiger partial charge is 0.492 e. The van der Waals surface area contributed by atoms with Crippen molar-refractivity contribution in [3.8, 4) is 5.75 Å². The molecule has 0 spiro atoms. The Morgan fingerprint density at radius 2 is 2.15 bits per heavy atom. The topological polar surface area (TPSA) is 43.6 Å². The first-order chi connectivity index (χ1) is 9.37. The third-order valence-electron chi connectivity index (χ3n) is 2.74. The average Bonchev–Trinajstić information content (AvgIpc) is 2.76.